The van der Waals surface area contributed by atoms with Crippen LogP contribution in [0.2, 0.25) is 0 Å². The summed E-state index contributed by atoms with van der Waals surface area (Å²) in [4.78, 5) is 35.6. The van der Waals surface area contributed by atoms with E-state index in [1.54, 1.807) is 23.6 Å². The molecule has 0 aliphatic heterocycles. The molecule has 132 valence electrons. The van der Waals surface area contributed by atoms with Gasteiger partial charge in [-0.15, -0.1) is 11.3 Å². The highest BCUT2D eigenvalue weighted by atomic mass is 32.1. The van der Waals surface area contributed by atoms with Gasteiger partial charge in [0.15, 0.2) is 0 Å². The van der Waals surface area contributed by atoms with Crippen LogP contribution in [0.1, 0.15) is 46.0 Å². The first-order chi connectivity index (χ1) is 11.9. The van der Waals surface area contributed by atoms with E-state index < -0.39 is 11.9 Å². The third-order valence-electron chi connectivity index (χ3n) is 3.49. The third-order valence-corrected chi connectivity index (χ3v) is 4.32. The Balaban J connectivity index is 2.05. The zero-order valence-electron chi connectivity index (χ0n) is 14.2. The fourth-order valence-corrected chi connectivity index (χ4v) is 2.80. The molecular formula is C17H20N4O3S. The van der Waals surface area contributed by atoms with Gasteiger partial charge in [0.2, 0.25) is 0 Å². The number of anilines is 1. The molecule has 2 aromatic rings. The maximum atomic E-state index is 12.4. The van der Waals surface area contributed by atoms with Crippen LogP contribution in [0.15, 0.2) is 35.7 Å². The highest BCUT2D eigenvalue weighted by Gasteiger charge is 2.16. The number of nitrogens with one attached hydrogen (secondary N) is 4. The minimum Gasteiger partial charge on any atom is -0.340 e. The molecule has 1 heterocycles. The number of amides is 4. The van der Waals surface area contributed by atoms with E-state index in [4.69, 9.17) is 0 Å². The summed E-state index contributed by atoms with van der Waals surface area (Å²) in [6.07, 6.45) is 0. The Kier molecular flexibility index (Phi) is 6.13. The fraction of sp³-hybridized carbons (Fsp3) is 0.235. The summed E-state index contributed by atoms with van der Waals surface area (Å²) in [5.41, 5.74) is 6.38. The molecule has 0 saturated heterocycles. The molecule has 4 amide bonds. The number of hydrazine groups is 1. The molecule has 1 aromatic heterocycles. The highest BCUT2D eigenvalue weighted by Crippen LogP contribution is 2.24. The smallest absolute Gasteiger partial charge is 0.333 e. The van der Waals surface area contributed by atoms with Crippen LogP contribution in [0.3, 0.4) is 0 Å². The molecular weight excluding hydrogens is 340 g/mol. The van der Waals surface area contributed by atoms with Crippen LogP contribution in [-0.2, 0) is 0 Å². The molecule has 0 bridgehead atoms. The summed E-state index contributed by atoms with van der Waals surface area (Å²) >= 11 is 1.23. The standard InChI is InChI=1S/C17H20N4O3S/c1-10(2)11-4-6-12(7-5-11)14(22)19-16-13(8-9-25-16)15(23)20-21-17(24)18-3/h4-10H,1-3H3,(H,19,22)(H,20,23)(H2,18,21,24). The van der Waals surface area contributed by atoms with Crippen LogP contribution >= 0.6 is 11.3 Å². The van der Waals surface area contributed by atoms with E-state index >= 15 is 0 Å². The van der Waals surface area contributed by atoms with Gasteiger partial charge < -0.3 is 10.6 Å². The lowest BCUT2D eigenvalue weighted by molar-refractivity contribution is 0.0938. The SMILES string of the molecule is CNC(=O)NNC(=O)c1ccsc1NC(=O)c1ccc(C(C)C)cc1. The van der Waals surface area contributed by atoms with E-state index in [9.17, 15) is 14.4 Å². The van der Waals surface area contributed by atoms with Crippen LogP contribution in [0.4, 0.5) is 9.80 Å². The van der Waals surface area contributed by atoms with Crippen molar-refractivity contribution >= 4 is 34.2 Å². The largest absolute Gasteiger partial charge is 0.340 e. The van der Waals surface area contributed by atoms with Crippen LogP contribution in [0, 0.1) is 0 Å². The highest BCUT2D eigenvalue weighted by molar-refractivity contribution is 7.14. The minimum atomic E-state index is -0.542. The van der Waals surface area contributed by atoms with Crippen LogP contribution in [-0.4, -0.2) is 24.9 Å². The van der Waals surface area contributed by atoms with Gasteiger partial charge in [0.05, 0.1) is 5.56 Å². The van der Waals surface area contributed by atoms with Gasteiger partial charge in [0, 0.05) is 12.6 Å². The Labute approximate surface area is 149 Å². The summed E-state index contributed by atoms with van der Waals surface area (Å²) in [6, 6.07) is 8.36. The van der Waals surface area contributed by atoms with Crippen LogP contribution < -0.4 is 21.5 Å². The fourth-order valence-electron chi connectivity index (χ4n) is 2.02. The summed E-state index contributed by atoms with van der Waals surface area (Å²) in [5.74, 6) is -0.432. The second kappa shape index (κ2) is 8.29. The summed E-state index contributed by atoms with van der Waals surface area (Å²) < 4.78 is 0. The molecule has 0 aliphatic rings. The maximum absolute atomic E-state index is 12.4. The minimum absolute atomic E-state index is 0.272. The van der Waals surface area contributed by atoms with Crippen molar-refractivity contribution in [3.63, 3.8) is 0 Å². The van der Waals surface area contributed by atoms with Crippen molar-refractivity contribution in [2.75, 3.05) is 12.4 Å². The molecule has 7 nitrogen and oxygen atoms in total. The van der Waals surface area contributed by atoms with Gasteiger partial charge in [-0.1, -0.05) is 26.0 Å². The molecule has 0 unspecified atom stereocenters. The van der Waals surface area contributed by atoms with E-state index in [1.807, 2.05) is 12.1 Å². The molecule has 25 heavy (non-hydrogen) atoms. The lowest BCUT2D eigenvalue weighted by atomic mass is 10.0. The summed E-state index contributed by atoms with van der Waals surface area (Å²) in [5, 5.41) is 7.14. The van der Waals surface area contributed by atoms with Crippen molar-refractivity contribution in [3.05, 3.63) is 52.4 Å². The van der Waals surface area contributed by atoms with Gasteiger partial charge in [0.1, 0.15) is 5.00 Å². The molecule has 0 radical (unpaired) electrons. The molecule has 2 rings (SSSR count). The average molecular weight is 360 g/mol. The number of hydrogen-bond donors (Lipinski definition) is 4. The summed E-state index contributed by atoms with van der Waals surface area (Å²) in [7, 11) is 1.43. The zero-order chi connectivity index (χ0) is 18.4. The quantitative estimate of drug-likeness (QED) is 0.631. The predicted molar refractivity (Wildman–Crippen MR) is 97.9 cm³/mol. The molecule has 0 aliphatic carbocycles. The van der Waals surface area contributed by atoms with Crippen LogP contribution in [0.25, 0.3) is 0 Å². The molecule has 4 N–H and O–H groups in total. The number of carbonyl (C=O) groups is 3. The number of hydrogen-bond acceptors (Lipinski definition) is 4. The second-order valence-electron chi connectivity index (χ2n) is 5.55. The van der Waals surface area contributed by atoms with Crippen molar-refractivity contribution in [3.8, 4) is 0 Å². The Morgan fingerprint density at radius 3 is 2.24 bits per heavy atom. The predicted octanol–water partition coefficient (Wildman–Crippen LogP) is 2.70. The van der Waals surface area contributed by atoms with E-state index in [0.717, 1.165) is 5.56 Å². The molecule has 0 spiro atoms. The topological polar surface area (TPSA) is 99.3 Å². The van der Waals surface area contributed by atoms with E-state index in [1.165, 1.54) is 18.4 Å². The number of benzene rings is 1. The van der Waals surface area contributed by atoms with Crippen molar-refractivity contribution in [2.24, 2.45) is 0 Å². The maximum Gasteiger partial charge on any atom is 0.333 e. The van der Waals surface area contributed by atoms with E-state index in [2.05, 4.69) is 35.3 Å². The number of urea groups is 1. The summed E-state index contributed by atoms with van der Waals surface area (Å²) in [6.45, 7) is 4.16. The monoisotopic (exact) mass is 360 g/mol. The first-order valence-electron chi connectivity index (χ1n) is 7.69. The van der Waals surface area contributed by atoms with E-state index in [-0.39, 0.29) is 11.5 Å². The molecule has 8 heteroatoms. The lowest BCUT2D eigenvalue weighted by Gasteiger charge is -2.09. The second-order valence-corrected chi connectivity index (χ2v) is 6.47. The Morgan fingerprint density at radius 2 is 1.64 bits per heavy atom. The number of thiophene rings is 1. The van der Waals surface area contributed by atoms with Crippen LogP contribution in [0.5, 0.6) is 0 Å². The van der Waals surface area contributed by atoms with Crippen molar-refractivity contribution in [2.45, 2.75) is 19.8 Å². The zero-order valence-corrected chi connectivity index (χ0v) is 15.0. The Hall–Kier alpha value is -2.87. The normalized spacial score (nSPS) is 10.2. The van der Waals surface area contributed by atoms with Gasteiger partial charge in [-0.3, -0.25) is 15.0 Å². The van der Waals surface area contributed by atoms with Gasteiger partial charge in [-0.25, -0.2) is 10.2 Å². The van der Waals surface area contributed by atoms with Crippen molar-refractivity contribution in [1.82, 2.24) is 16.2 Å². The molecule has 0 fully saturated rings. The van der Waals surface area contributed by atoms with Crippen molar-refractivity contribution < 1.29 is 14.4 Å². The molecule has 1 aromatic carbocycles. The Morgan fingerprint density at radius 1 is 0.960 bits per heavy atom. The average Bonchev–Trinajstić information content (AvgIpc) is 3.07. The van der Waals surface area contributed by atoms with Gasteiger partial charge in [-0.2, -0.15) is 0 Å². The van der Waals surface area contributed by atoms with E-state index in [0.29, 0.717) is 16.5 Å². The number of rotatable bonds is 4. The first-order valence-corrected chi connectivity index (χ1v) is 8.57. The Bertz CT molecular complexity index is 768. The van der Waals surface area contributed by atoms with Crippen molar-refractivity contribution in [1.29, 1.82) is 0 Å². The molecule has 0 atom stereocenters. The third kappa shape index (κ3) is 4.80. The first kappa shape index (κ1) is 18.5. The van der Waals surface area contributed by atoms with Gasteiger partial charge in [-0.05, 0) is 35.1 Å². The molecule has 0 saturated carbocycles. The lowest BCUT2D eigenvalue weighted by Crippen LogP contribution is -2.45. The van der Waals surface area contributed by atoms with Gasteiger partial charge >= 0.3 is 6.03 Å². The number of carbonyl (C=O) groups excluding carboxylic acids is 3. The van der Waals surface area contributed by atoms with Gasteiger partial charge in [0.25, 0.3) is 11.8 Å².